The standard InChI is InChI=1S/C12H13F2NO2/c13-7-5-8-11(17-4-3-16-8)9(10(7)14)12(6-15)1-2-12/h5H,1-4,6,15H2. The summed E-state index contributed by atoms with van der Waals surface area (Å²) in [6.07, 6.45) is 1.53. The SMILES string of the molecule is NCC1(c2c(F)c(F)cc3c2OCCO3)CC1. The van der Waals surface area contributed by atoms with Gasteiger partial charge in [-0.3, -0.25) is 0 Å². The molecule has 0 amide bonds. The lowest BCUT2D eigenvalue weighted by atomic mass is 9.93. The highest BCUT2D eigenvalue weighted by molar-refractivity contribution is 5.54. The van der Waals surface area contributed by atoms with Gasteiger partial charge in [-0.2, -0.15) is 0 Å². The highest BCUT2D eigenvalue weighted by Crippen LogP contribution is 2.54. The van der Waals surface area contributed by atoms with Gasteiger partial charge in [0.2, 0.25) is 0 Å². The van der Waals surface area contributed by atoms with E-state index < -0.39 is 17.0 Å². The first-order chi connectivity index (χ1) is 8.18. The zero-order chi connectivity index (χ0) is 12.0. The molecule has 1 fully saturated rings. The molecule has 3 rings (SSSR count). The molecule has 1 aliphatic carbocycles. The van der Waals surface area contributed by atoms with Gasteiger partial charge in [-0.15, -0.1) is 0 Å². The van der Waals surface area contributed by atoms with Crippen molar-refractivity contribution in [3.63, 3.8) is 0 Å². The van der Waals surface area contributed by atoms with Crippen LogP contribution in [0, 0.1) is 11.6 Å². The van der Waals surface area contributed by atoms with Gasteiger partial charge in [-0.05, 0) is 12.8 Å². The third-order valence-corrected chi connectivity index (χ3v) is 3.50. The van der Waals surface area contributed by atoms with Gasteiger partial charge in [-0.25, -0.2) is 8.78 Å². The highest BCUT2D eigenvalue weighted by Gasteiger charge is 2.48. The maximum atomic E-state index is 13.9. The molecule has 0 unspecified atom stereocenters. The Kier molecular flexibility index (Phi) is 2.26. The maximum Gasteiger partial charge on any atom is 0.168 e. The molecule has 1 saturated carbocycles. The van der Waals surface area contributed by atoms with E-state index in [4.69, 9.17) is 15.2 Å². The summed E-state index contributed by atoms with van der Waals surface area (Å²) in [5, 5.41) is 0. The van der Waals surface area contributed by atoms with Crippen molar-refractivity contribution >= 4 is 0 Å². The second kappa shape index (κ2) is 3.57. The Bertz CT molecular complexity index is 472. The van der Waals surface area contributed by atoms with E-state index in [1.807, 2.05) is 0 Å². The van der Waals surface area contributed by atoms with Crippen molar-refractivity contribution in [1.29, 1.82) is 0 Å². The fraction of sp³-hybridized carbons (Fsp3) is 0.500. The number of hydrogen-bond donors (Lipinski definition) is 1. The molecule has 3 nitrogen and oxygen atoms in total. The molecule has 17 heavy (non-hydrogen) atoms. The minimum absolute atomic E-state index is 0.259. The quantitative estimate of drug-likeness (QED) is 0.857. The van der Waals surface area contributed by atoms with Crippen molar-refractivity contribution in [2.45, 2.75) is 18.3 Å². The van der Waals surface area contributed by atoms with Crippen LogP contribution < -0.4 is 15.2 Å². The van der Waals surface area contributed by atoms with Crippen LogP contribution in [-0.2, 0) is 5.41 Å². The second-order valence-electron chi connectivity index (χ2n) is 4.56. The molecule has 0 atom stereocenters. The van der Waals surface area contributed by atoms with Gasteiger partial charge >= 0.3 is 0 Å². The van der Waals surface area contributed by atoms with Crippen LogP contribution in [0.25, 0.3) is 0 Å². The molecular weight excluding hydrogens is 228 g/mol. The topological polar surface area (TPSA) is 44.5 Å². The zero-order valence-corrected chi connectivity index (χ0v) is 9.26. The Morgan fingerprint density at radius 3 is 2.59 bits per heavy atom. The summed E-state index contributed by atoms with van der Waals surface area (Å²) in [5.74, 6) is -1.14. The fourth-order valence-corrected chi connectivity index (χ4v) is 2.31. The molecule has 0 aromatic heterocycles. The summed E-state index contributed by atoms with van der Waals surface area (Å²) in [7, 11) is 0. The second-order valence-corrected chi connectivity index (χ2v) is 4.56. The summed E-state index contributed by atoms with van der Waals surface area (Å²) < 4.78 is 38.2. The molecule has 1 aromatic carbocycles. The Labute approximate surface area is 97.5 Å². The van der Waals surface area contributed by atoms with Crippen LogP contribution >= 0.6 is 0 Å². The first kappa shape index (κ1) is 10.8. The zero-order valence-electron chi connectivity index (χ0n) is 9.26. The molecule has 0 bridgehead atoms. The van der Waals surface area contributed by atoms with E-state index in [0.717, 1.165) is 18.9 Å². The van der Waals surface area contributed by atoms with Crippen molar-refractivity contribution in [3.05, 3.63) is 23.3 Å². The molecule has 2 aliphatic rings. The molecule has 1 heterocycles. The predicted molar refractivity (Wildman–Crippen MR) is 57.3 cm³/mol. The number of benzene rings is 1. The van der Waals surface area contributed by atoms with Crippen molar-refractivity contribution in [3.8, 4) is 11.5 Å². The summed E-state index contributed by atoms with van der Waals surface area (Å²) in [6, 6.07) is 1.04. The summed E-state index contributed by atoms with van der Waals surface area (Å²) in [4.78, 5) is 0. The van der Waals surface area contributed by atoms with Crippen molar-refractivity contribution in [2.24, 2.45) is 5.73 Å². The Morgan fingerprint density at radius 2 is 1.94 bits per heavy atom. The van der Waals surface area contributed by atoms with Crippen molar-refractivity contribution in [1.82, 2.24) is 0 Å². The lowest BCUT2D eigenvalue weighted by molar-refractivity contribution is 0.166. The summed E-state index contributed by atoms with van der Waals surface area (Å²) in [5.41, 5.74) is 5.47. The van der Waals surface area contributed by atoms with E-state index in [1.165, 1.54) is 0 Å². The van der Waals surface area contributed by atoms with Crippen LogP contribution in [0.15, 0.2) is 6.07 Å². The molecular formula is C12H13F2NO2. The first-order valence-electron chi connectivity index (χ1n) is 5.66. The lowest BCUT2D eigenvalue weighted by Crippen LogP contribution is -2.25. The molecule has 0 saturated heterocycles. The van der Waals surface area contributed by atoms with E-state index in [9.17, 15) is 8.78 Å². The minimum atomic E-state index is -0.899. The Hall–Kier alpha value is -1.36. The van der Waals surface area contributed by atoms with E-state index in [1.54, 1.807) is 0 Å². The Balaban J connectivity index is 2.21. The normalized spacial score (nSPS) is 20.2. The Morgan fingerprint density at radius 1 is 1.24 bits per heavy atom. The van der Waals surface area contributed by atoms with Gasteiger partial charge in [0.1, 0.15) is 13.2 Å². The predicted octanol–water partition coefficient (Wildman–Crippen LogP) is 1.73. The fourth-order valence-electron chi connectivity index (χ4n) is 2.31. The highest BCUT2D eigenvalue weighted by atomic mass is 19.2. The number of ether oxygens (including phenoxy) is 2. The van der Waals surface area contributed by atoms with Crippen LogP contribution in [0.1, 0.15) is 18.4 Å². The number of hydrogen-bond acceptors (Lipinski definition) is 3. The van der Waals surface area contributed by atoms with Gasteiger partial charge in [0.25, 0.3) is 0 Å². The molecule has 0 spiro atoms. The molecule has 1 aliphatic heterocycles. The maximum absolute atomic E-state index is 13.9. The molecule has 5 heteroatoms. The van der Waals surface area contributed by atoms with Crippen molar-refractivity contribution in [2.75, 3.05) is 19.8 Å². The number of rotatable bonds is 2. The molecule has 2 N–H and O–H groups in total. The van der Waals surface area contributed by atoms with Crippen LogP contribution in [0.3, 0.4) is 0 Å². The third kappa shape index (κ3) is 1.49. The van der Waals surface area contributed by atoms with Gasteiger partial charge in [0.05, 0.1) is 0 Å². The van der Waals surface area contributed by atoms with E-state index in [0.29, 0.717) is 25.5 Å². The van der Waals surface area contributed by atoms with E-state index in [2.05, 4.69) is 0 Å². The van der Waals surface area contributed by atoms with Crippen LogP contribution in [0.4, 0.5) is 8.78 Å². The van der Waals surface area contributed by atoms with Gasteiger partial charge < -0.3 is 15.2 Å². The summed E-state index contributed by atoms with van der Waals surface area (Å²) in [6.45, 7) is 1.00. The smallest absolute Gasteiger partial charge is 0.168 e. The third-order valence-electron chi connectivity index (χ3n) is 3.50. The first-order valence-corrected chi connectivity index (χ1v) is 5.66. The van der Waals surface area contributed by atoms with Crippen LogP contribution in [-0.4, -0.2) is 19.8 Å². The number of nitrogens with two attached hydrogens (primary N) is 1. The lowest BCUT2D eigenvalue weighted by Gasteiger charge is -2.25. The van der Waals surface area contributed by atoms with Gasteiger partial charge in [0.15, 0.2) is 23.1 Å². The summed E-state index contributed by atoms with van der Waals surface area (Å²) >= 11 is 0. The monoisotopic (exact) mass is 241 g/mol. The van der Waals surface area contributed by atoms with E-state index >= 15 is 0 Å². The van der Waals surface area contributed by atoms with Crippen molar-refractivity contribution < 1.29 is 18.3 Å². The molecule has 1 aromatic rings. The molecule has 92 valence electrons. The van der Waals surface area contributed by atoms with Crippen LogP contribution in [0.5, 0.6) is 11.5 Å². The average Bonchev–Trinajstić information content (AvgIpc) is 3.11. The number of fused-ring (bicyclic) bond motifs is 1. The minimum Gasteiger partial charge on any atom is -0.486 e. The molecule has 0 radical (unpaired) electrons. The van der Waals surface area contributed by atoms with Crippen LogP contribution in [0.2, 0.25) is 0 Å². The average molecular weight is 241 g/mol. The van der Waals surface area contributed by atoms with Gasteiger partial charge in [0, 0.05) is 23.6 Å². The van der Waals surface area contributed by atoms with E-state index in [-0.39, 0.29) is 11.3 Å². The number of halogens is 2. The largest absolute Gasteiger partial charge is 0.486 e. The van der Waals surface area contributed by atoms with Gasteiger partial charge in [-0.1, -0.05) is 0 Å².